The minimum absolute atomic E-state index is 0.0591. The van der Waals surface area contributed by atoms with Gasteiger partial charge in [0, 0.05) is 18.2 Å². The van der Waals surface area contributed by atoms with E-state index >= 15 is 0 Å². The minimum Gasteiger partial charge on any atom is -0.508 e. The highest BCUT2D eigenvalue weighted by Gasteiger charge is 2.44. The van der Waals surface area contributed by atoms with E-state index < -0.39 is 31.1 Å². The first-order chi connectivity index (χ1) is 14.4. The lowest BCUT2D eigenvalue weighted by atomic mass is 10.1. The van der Waals surface area contributed by atoms with E-state index in [1.807, 2.05) is 0 Å². The summed E-state index contributed by atoms with van der Waals surface area (Å²) >= 11 is 6.09. The Kier molecular flexibility index (Phi) is 5.62. The summed E-state index contributed by atoms with van der Waals surface area (Å²) in [7, 11) is 1.50. The van der Waals surface area contributed by atoms with Gasteiger partial charge in [-0.1, -0.05) is 0 Å². The predicted molar refractivity (Wildman–Crippen MR) is 105 cm³/mol. The van der Waals surface area contributed by atoms with Gasteiger partial charge in [-0.2, -0.15) is 9.97 Å². The molecule has 1 unspecified atom stereocenters. The second-order valence-electron chi connectivity index (χ2n) is 6.74. The van der Waals surface area contributed by atoms with Gasteiger partial charge in [-0.25, -0.2) is 4.98 Å². The lowest BCUT2D eigenvalue weighted by Gasteiger charge is -2.16. The molecule has 4 atom stereocenters. The van der Waals surface area contributed by atoms with Gasteiger partial charge in [0.1, 0.15) is 29.8 Å². The van der Waals surface area contributed by atoms with E-state index in [-0.39, 0.29) is 16.7 Å². The molecule has 0 bridgehead atoms. The molecule has 11 nitrogen and oxygen atoms in total. The number of nitrogens with one attached hydrogen (secondary N) is 1. The molecule has 160 valence electrons. The molecule has 0 radical (unpaired) electrons. The van der Waals surface area contributed by atoms with Crippen LogP contribution in [-0.4, -0.2) is 72.0 Å². The van der Waals surface area contributed by atoms with Crippen molar-refractivity contribution in [2.45, 2.75) is 31.1 Å². The summed E-state index contributed by atoms with van der Waals surface area (Å²) in [4.78, 5) is 12.6. The number of hydrogen-bond donors (Lipinski definition) is 5. The maximum Gasteiger partial charge on any atom is 0.226 e. The average Bonchev–Trinajstić information content (AvgIpc) is 3.27. The molecule has 1 fully saturated rings. The molecule has 0 spiro atoms. The van der Waals surface area contributed by atoms with Crippen LogP contribution in [0.2, 0.25) is 5.28 Å². The molecule has 12 heteroatoms. The summed E-state index contributed by atoms with van der Waals surface area (Å²) in [6, 6.07) is 4.74. The first-order valence-corrected chi connectivity index (χ1v) is 9.43. The number of methoxy groups -OCH3 is 1. The van der Waals surface area contributed by atoms with Crippen molar-refractivity contribution in [3.8, 4) is 11.5 Å². The molecule has 2 aromatic heterocycles. The van der Waals surface area contributed by atoms with Crippen molar-refractivity contribution in [1.29, 1.82) is 0 Å². The standard InChI is InChI=1S/C18H20ClN5O6/c1-29-10-4-9(26)3-2-8(10)5-20-15-12-16(23-18(19)22-15)24(7-21-12)17-14(28)13(27)11(6-25)30-17/h2-4,7,11,13-14,17,25-28H,5-6H2,1H3,(H,20,22,23)/t11-,13-,14-,17?/m1/s1. The van der Waals surface area contributed by atoms with Crippen molar-refractivity contribution in [3.63, 3.8) is 0 Å². The third kappa shape index (κ3) is 3.61. The van der Waals surface area contributed by atoms with E-state index in [2.05, 4.69) is 20.3 Å². The van der Waals surface area contributed by atoms with E-state index in [9.17, 15) is 20.4 Å². The number of aromatic hydroxyl groups is 1. The summed E-state index contributed by atoms with van der Waals surface area (Å²) in [5.41, 5.74) is 1.42. The van der Waals surface area contributed by atoms with Crippen molar-refractivity contribution in [2.75, 3.05) is 19.0 Å². The molecule has 3 aromatic rings. The molecule has 3 heterocycles. The van der Waals surface area contributed by atoms with E-state index in [0.717, 1.165) is 5.56 Å². The number of rotatable bonds is 6. The molecule has 4 rings (SSSR count). The highest BCUT2D eigenvalue weighted by molar-refractivity contribution is 6.28. The van der Waals surface area contributed by atoms with Crippen molar-refractivity contribution >= 4 is 28.6 Å². The summed E-state index contributed by atoms with van der Waals surface area (Å²) < 4.78 is 12.2. The molecule has 0 aliphatic carbocycles. The first kappa shape index (κ1) is 20.6. The normalized spacial score (nSPS) is 23.8. The quantitative estimate of drug-likeness (QED) is 0.342. The number of halogens is 1. The Bertz CT molecular complexity index is 1060. The Morgan fingerprint density at radius 1 is 1.27 bits per heavy atom. The van der Waals surface area contributed by atoms with Crippen molar-refractivity contribution < 1.29 is 29.9 Å². The Morgan fingerprint density at radius 2 is 2.07 bits per heavy atom. The highest BCUT2D eigenvalue weighted by Crippen LogP contribution is 2.33. The number of anilines is 1. The van der Waals surface area contributed by atoms with Gasteiger partial charge in [-0.05, 0) is 23.7 Å². The minimum atomic E-state index is -1.29. The van der Waals surface area contributed by atoms with Crippen molar-refractivity contribution in [2.24, 2.45) is 0 Å². The maximum absolute atomic E-state index is 10.3. The molecule has 1 aromatic carbocycles. The Balaban J connectivity index is 1.65. The summed E-state index contributed by atoms with van der Waals surface area (Å²) in [5.74, 6) is 0.918. The zero-order valence-electron chi connectivity index (χ0n) is 15.8. The zero-order chi connectivity index (χ0) is 21.4. The van der Waals surface area contributed by atoms with Crippen LogP contribution in [0.5, 0.6) is 11.5 Å². The predicted octanol–water partition coefficient (Wildman–Crippen LogP) is 0.417. The van der Waals surface area contributed by atoms with Gasteiger partial charge in [-0.15, -0.1) is 0 Å². The number of imidazole rings is 1. The van der Waals surface area contributed by atoms with Crippen LogP contribution >= 0.6 is 11.6 Å². The van der Waals surface area contributed by atoms with Crippen LogP contribution in [-0.2, 0) is 11.3 Å². The smallest absolute Gasteiger partial charge is 0.226 e. The molecule has 1 aliphatic heterocycles. The van der Waals surface area contributed by atoms with Gasteiger partial charge in [-0.3, -0.25) is 4.57 Å². The van der Waals surface area contributed by atoms with Crippen molar-refractivity contribution in [1.82, 2.24) is 19.5 Å². The second kappa shape index (κ2) is 8.20. The van der Waals surface area contributed by atoms with Gasteiger partial charge >= 0.3 is 0 Å². The lowest BCUT2D eigenvalue weighted by molar-refractivity contribution is -0.0511. The molecule has 0 amide bonds. The number of benzene rings is 1. The number of aromatic nitrogens is 4. The van der Waals surface area contributed by atoms with Crippen LogP contribution < -0.4 is 10.1 Å². The largest absolute Gasteiger partial charge is 0.508 e. The van der Waals surface area contributed by atoms with E-state index in [1.165, 1.54) is 24.1 Å². The third-order valence-corrected chi connectivity index (χ3v) is 5.07. The van der Waals surface area contributed by atoms with Gasteiger partial charge in [0.15, 0.2) is 23.2 Å². The van der Waals surface area contributed by atoms with Gasteiger partial charge < -0.3 is 35.2 Å². The number of ether oxygens (including phenoxy) is 2. The number of aliphatic hydroxyl groups is 3. The van der Waals surface area contributed by atoms with Gasteiger partial charge in [0.2, 0.25) is 5.28 Å². The topological polar surface area (TPSA) is 155 Å². The van der Waals surface area contributed by atoms with Crippen LogP contribution in [0.1, 0.15) is 11.8 Å². The SMILES string of the molecule is COc1cc(O)ccc1CNc1nc(Cl)nc2c1ncn2C1O[C@H](CO)[C@@H](O)[C@H]1O. The Hall–Kier alpha value is -2.70. The fourth-order valence-electron chi connectivity index (χ4n) is 3.37. The van der Waals surface area contributed by atoms with E-state index in [4.69, 9.17) is 21.1 Å². The number of fused-ring (bicyclic) bond motifs is 1. The number of phenols is 1. The monoisotopic (exact) mass is 437 g/mol. The average molecular weight is 438 g/mol. The highest BCUT2D eigenvalue weighted by atomic mass is 35.5. The summed E-state index contributed by atoms with van der Waals surface area (Å²) in [6.07, 6.45) is -3.08. The molecule has 5 N–H and O–H groups in total. The number of phenolic OH excluding ortho intramolecular Hbond substituents is 1. The Labute approximate surface area is 175 Å². The summed E-state index contributed by atoms with van der Waals surface area (Å²) in [5, 5.41) is 42.3. The molecular weight excluding hydrogens is 418 g/mol. The zero-order valence-corrected chi connectivity index (χ0v) is 16.6. The van der Waals surface area contributed by atoms with E-state index in [0.29, 0.717) is 23.6 Å². The third-order valence-electron chi connectivity index (χ3n) is 4.90. The van der Waals surface area contributed by atoms with Gasteiger partial charge in [0.05, 0.1) is 20.0 Å². The lowest BCUT2D eigenvalue weighted by Crippen LogP contribution is -2.33. The first-order valence-electron chi connectivity index (χ1n) is 9.05. The maximum atomic E-state index is 10.3. The van der Waals surface area contributed by atoms with Crippen molar-refractivity contribution in [3.05, 3.63) is 35.4 Å². The number of nitrogens with zero attached hydrogens (tertiary/aromatic N) is 4. The number of hydrogen-bond acceptors (Lipinski definition) is 10. The fourth-order valence-corrected chi connectivity index (χ4v) is 3.53. The van der Waals surface area contributed by atoms with Crippen LogP contribution in [0.4, 0.5) is 5.82 Å². The van der Waals surface area contributed by atoms with Crippen LogP contribution in [0.3, 0.4) is 0 Å². The molecular formula is C18H20ClN5O6. The molecule has 0 saturated carbocycles. The van der Waals surface area contributed by atoms with Crippen LogP contribution in [0.25, 0.3) is 11.2 Å². The Morgan fingerprint density at radius 3 is 2.77 bits per heavy atom. The number of aliphatic hydroxyl groups excluding tert-OH is 3. The molecule has 1 aliphatic rings. The van der Waals surface area contributed by atoms with Crippen LogP contribution in [0, 0.1) is 0 Å². The van der Waals surface area contributed by atoms with Crippen LogP contribution in [0.15, 0.2) is 24.5 Å². The fraction of sp³-hybridized carbons (Fsp3) is 0.389. The molecule has 1 saturated heterocycles. The second-order valence-corrected chi connectivity index (χ2v) is 7.08. The molecule has 30 heavy (non-hydrogen) atoms. The van der Waals surface area contributed by atoms with E-state index in [1.54, 1.807) is 12.1 Å². The summed E-state index contributed by atoms with van der Waals surface area (Å²) in [6.45, 7) is -0.148. The van der Waals surface area contributed by atoms with Gasteiger partial charge in [0.25, 0.3) is 0 Å².